The number of hydrogen-bond acceptors (Lipinski definition) is 3. The van der Waals surface area contributed by atoms with Crippen molar-refractivity contribution in [2.75, 3.05) is 11.9 Å². The second kappa shape index (κ2) is 4.44. The largest absolute Gasteiger partial charge is 0.377 e. The zero-order chi connectivity index (χ0) is 11.6. The minimum Gasteiger partial charge on any atom is -0.377 e. The second-order valence-corrected chi connectivity index (χ2v) is 3.38. The third kappa shape index (κ3) is 2.18. The third-order valence-corrected chi connectivity index (χ3v) is 2.38. The molecule has 4 nitrogen and oxygen atoms in total. The molecule has 0 aromatic heterocycles. The number of rotatable bonds is 3. The summed E-state index contributed by atoms with van der Waals surface area (Å²) < 4.78 is 13.6. The Kier molecular flexibility index (Phi) is 3.47. The Morgan fingerprint density at radius 1 is 1.67 bits per heavy atom. The first-order valence-electron chi connectivity index (χ1n) is 4.35. The Balaban J connectivity index is 3.43. The van der Waals surface area contributed by atoms with E-state index in [0.717, 1.165) is 0 Å². The molecule has 0 fully saturated rings. The Morgan fingerprint density at radius 3 is 2.73 bits per heavy atom. The zero-order valence-electron chi connectivity index (χ0n) is 8.30. The summed E-state index contributed by atoms with van der Waals surface area (Å²) in [6.45, 7) is 3.63. The molecule has 0 spiro atoms. The molecule has 15 heavy (non-hydrogen) atoms. The topological polar surface area (TPSA) is 55.2 Å². The van der Waals surface area contributed by atoms with Gasteiger partial charge in [0.15, 0.2) is 11.5 Å². The van der Waals surface area contributed by atoms with Gasteiger partial charge in [0.1, 0.15) is 0 Å². The number of nitrogens with zero attached hydrogens (tertiary/aromatic N) is 1. The van der Waals surface area contributed by atoms with E-state index in [1.165, 1.54) is 13.0 Å². The van der Waals surface area contributed by atoms with Gasteiger partial charge < -0.3 is 5.32 Å². The highest BCUT2D eigenvalue weighted by Crippen LogP contribution is 2.34. The SMILES string of the molecule is CCNc1c([N+](=O)[O-])cc(C)c(Cl)c1F. The van der Waals surface area contributed by atoms with Crippen LogP contribution in [-0.2, 0) is 0 Å². The van der Waals surface area contributed by atoms with Gasteiger partial charge in [-0.1, -0.05) is 11.6 Å². The van der Waals surface area contributed by atoms with Crippen molar-refractivity contribution in [2.24, 2.45) is 0 Å². The van der Waals surface area contributed by atoms with Gasteiger partial charge in [0.25, 0.3) is 5.69 Å². The maximum Gasteiger partial charge on any atom is 0.295 e. The van der Waals surface area contributed by atoms with E-state index in [4.69, 9.17) is 11.6 Å². The number of nitro groups is 1. The Morgan fingerprint density at radius 2 is 2.27 bits per heavy atom. The standard InChI is InChI=1S/C9H10ClFN2O2/c1-3-12-9-6(13(14)15)4-5(2)7(10)8(9)11/h4,12H,3H2,1-2H3. The molecular formula is C9H10ClFN2O2. The first kappa shape index (κ1) is 11.7. The van der Waals surface area contributed by atoms with Crippen LogP contribution in [0, 0.1) is 22.9 Å². The highest BCUT2D eigenvalue weighted by molar-refractivity contribution is 6.32. The first-order valence-corrected chi connectivity index (χ1v) is 4.73. The summed E-state index contributed by atoms with van der Waals surface area (Å²) in [7, 11) is 0. The number of halogens is 2. The van der Waals surface area contributed by atoms with Crippen molar-refractivity contribution in [3.63, 3.8) is 0 Å². The summed E-state index contributed by atoms with van der Waals surface area (Å²) in [4.78, 5) is 10.0. The second-order valence-electron chi connectivity index (χ2n) is 3.00. The molecule has 0 aliphatic heterocycles. The molecule has 1 aromatic carbocycles. The number of aryl methyl sites for hydroxylation is 1. The predicted molar refractivity (Wildman–Crippen MR) is 57.0 cm³/mol. The monoisotopic (exact) mass is 232 g/mol. The number of anilines is 1. The summed E-state index contributed by atoms with van der Waals surface area (Å²) in [6.07, 6.45) is 0. The molecule has 0 saturated carbocycles. The van der Waals surface area contributed by atoms with E-state index in [-0.39, 0.29) is 16.4 Å². The summed E-state index contributed by atoms with van der Waals surface area (Å²) in [5.41, 5.74) is -0.100. The number of hydrogen-bond donors (Lipinski definition) is 1. The van der Waals surface area contributed by atoms with Gasteiger partial charge in [0, 0.05) is 12.6 Å². The Labute approximate surface area is 91.2 Å². The molecule has 0 heterocycles. The molecule has 0 amide bonds. The lowest BCUT2D eigenvalue weighted by Gasteiger charge is -2.08. The Bertz CT molecular complexity index is 410. The molecule has 0 atom stereocenters. The van der Waals surface area contributed by atoms with Gasteiger partial charge in [-0.25, -0.2) is 4.39 Å². The van der Waals surface area contributed by atoms with Crippen LogP contribution in [0.3, 0.4) is 0 Å². The molecule has 0 aliphatic carbocycles. The average molecular weight is 233 g/mol. The number of nitrogens with one attached hydrogen (secondary N) is 1. The highest BCUT2D eigenvalue weighted by atomic mass is 35.5. The van der Waals surface area contributed by atoms with E-state index in [0.29, 0.717) is 12.1 Å². The molecule has 0 bridgehead atoms. The third-order valence-electron chi connectivity index (χ3n) is 1.92. The van der Waals surface area contributed by atoms with Gasteiger partial charge in [-0.2, -0.15) is 0 Å². The number of nitro benzene ring substituents is 1. The molecule has 0 radical (unpaired) electrons. The lowest BCUT2D eigenvalue weighted by Crippen LogP contribution is -2.05. The molecule has 0 unspecified atom stereocenters. The van der Waals surface area contributed by atoms with Crippen LogP contribution in [0.2, 0.25) is 5.02 Å². The fraction of sp³-hybridized carbons (Fsp3) is 0.333. The van der Waals surface area contributed by atoms with Crippen molar-refractivity contribution in [1.82, 2.24) is 0 Å². The summed E-state index contributed by atoms with van der Waals surface area (Å²) in [5, 5.41) is 13.2. The fourth-order valence-corrected chi connectivity index (χ4v) is 1.37. The summed E-state index contributed by atoms with van der Waals surface area (Å²) in [6, 6.07) is 1.25. The maximum absolute atomic E-state index is 13.6. The molecule has 6 heteroatoms. The van der Waals surface area contributed by atoms with Crippen LogP contribution in [0.4, 0.5) is 15.8 Å². The van der Waals surface area contributed by atoms with Crippen molar-refractivity contribution >= 4 is 23.0 Å². The van der Waals surface area contributed by atoms with Gasteiger partial charge in [-0.05, 0) is 19.4 Å². The lowest BCUT2D eigenvalue weighted by molar-refractivity contribution is -0.384. The van der Waals surface area contributed by atoms with Crippen molar-refractivity contribution < 1.29 is 9.31 Å². The fourth-order valence-electron chi connectivity index (χ4n) is 1.22. The summed E-state index contributed by atoms with van der Waals surface area (Å²) >= 11 is 5.66. The zero-order valence-corrected chi connectivity index (χ0v) is 9.06. The van der Waals surface area contributed by atoms with Gasteiger partial charge >= 0.3 is 0 Å². The molecule has 82 valence electrons. The quantitative estimate of drug-likeness (QED) is 0.643. The van der Waals surface area contributed by atoms with Crippen LogP contribution >= 0.6 is 11.6 Å². The molecule has 1 aromatic rings. The van der Waals surface area contributed by atoms with E-state index < -0.39 is 10.7 Å². The van der Waals surface area contributed by atoms with Crippen molar-refractivity contribution in [3.8, 4) is 0 Å². The van der Waals surface area contributed by atoms with E-state index >= 15 is 0 Å². The first-order chi connectivity index (χ1) is 6.99. The molecular weight excluding hydrogens is 223 g/mol. The van der Waals surface area contributed by atoms with Gasteiger partial charge in [-0.15, -0.1) is 0 Å². The smallest absolute Gasteiger partial charge is 0.295 e. The molecule has 1 rings (SSSR count). The minimum absolute atomic E-state index is 0.0865. The van der Waals surface area contributed by atoms with Crippen LogP contribution < -0.4 is 5.32 Å². The minimum atomic E-state index is -0.773. The van der Waals surface area contributed by atoms with Crippen LogP contribution in [0.1, 0.15) is 12.5 Å². The van der Waals surface area contributed by atoms with Crippen LogP contribution in [0.5, 0.6) is 0 Å². The van der Waals surface area contributed by atoms with Crippen molar-refractivity contribution in [3.05, 3.63) is 32.6 Å². The van der Waals surface area contributed by atoms with Crippen molar-refractivity contribution in [2.45, 2.75) is 13.8 Å². The van der Waals surface area contributed by atoms with E-state index in [2.05, 4.69) is 5.32 Å². The van der Waals surface area contributed by atoms with Crippen LogP contribution in [-0.4, -0.2) is 11.5 Å². The highest BCUT2D eigenvalue weighted by Gasteiger charge is 2.22. The maximum atomic E-state index is 13.6. The van der Waals surface area contributed by atoms with E-state index in [9.17, 15) is 14.5 Å². The van der Waals surface area contributed by atoms with Crippen molar-refractivity contribution in [1.29, 1.82) is 0 Å². The molecule has 0 saturated heterocycles. The van der Waals surface area contributed by atoms with Crippen LogP contribution in [0.25, 0.3) is 0 Å². The molecule has 0 aliphatic rings. The lowest BCUT2D eigenvalue weighted by atomic mass is 10.1. The average Bonchev–Trinajstić information content (AvgIpc) is 2.18. The van der Waals surface area contributed by atoms with Gasteiger partial charge in [-0.3, -0.25) is 10.1 Å². The van der Waals surface area contributed by atoms with Gasteiger partial charge in [0.05, 0.1) is 9.95 Å². The Hall–Kier alpha value is -1.36. The predicted octanol–water partition coefficient (Wildman–Crippen LogP) is 3.13. The molecule has 1 N–H and O–H groups in total. The number of benzene rings is 1. The van der Waals surface area contributed by atoms with Gasteiger partial charge in [0.2, 0.25) is 0 Å². The normalized spacial score (nSPS) is 10.1. The summed E-state index contributed by atoms with van der Waals surface area (Å²) in [5.74, 6) is -0.773. The van der Waals surface area contributed by atoms with E-state index in [1.807, 2.05) is 0 Å². The van der Waals surface area contributed by atoms with E-state index in [1.54, 1.807) is 6.92 Å². The van der Waals surface area contributed by atoms with Crippen LogP contribution in [0.15, 0.2) is 6.07 Å².